The normalized spacial score (nSPS) is 11.8. The lowest BCUT2D eigenvalue weighted by molar-refractivity contribution is -0.153. The number of aromatic amines is 1. The van der Waals surface area contributed by atoms with Gasteiger partial charge in [-0.25, -0.2) is 4.98 Å². The van der Waals surface area contributed by atoms with Crippen LogP contribution in [0.4, 0.5) is 13.2 Å². The number of para-hydroxylation sites is 2. The molecule has 0 unspecified atom stereocenters. The summed E-state index contributed by atoms with van der Waals surface area (Å²) >= 11 is 0. The van der Waals surface area contributed by atoms with Crippen molar-refractivity contribution in [3.63, 3.8) is 0 Å². The topological polar surface area (TPSA) is 74.3 Å². The highest BCUT2D eigenvalue weighted by Crippen LogP contribution is 2.18. The number of rotatable bonds is 7. The molecule has 0 aliphatic heterocycles. The molecule has 3 aromatic rings. The average molecular weight is 533 g/mol. The maximum absolute atomic E-state index is 12.2. The molecule has 0 spiro atoms. The van der Waals surface area contributed by atoms with Crippen LogP contribution >= 0.6 is 24.0 Å². The van der Waals surface area contributed by atoms with Crippen molar-refractivity contribution >= 4 is 41.0 Å². The standard InChI is InChI=1S/C20H22F3N5O.HI/c1-24-19(25-11-10-18-27-16-4-2-3-5-17(16)28-18)26-12-14-6-8-15(9-7-14)29-13-20(21,22)23;/h2-9H,10-13H2,1H3,(H,27,28)(H2,24,25,26);1H. The number of aliphatic imine (C=N–C) groups is 1. The Kier molecular flexibility index (Phi) is 8.75. The predicted octanol–water partition coefficient (Wildman–Crippen LogP) is 4.03. The third-order valence-electron chi connectivity index (χ3n) is 4.10. The number of halogens is 4. The smallest absolute Gasteiger partial charge is 0.422 e. The molecule has 3 N–H and O–H groups in total. The number of hydrogen-bond acceptors (Lipinski definition) is 3. The van der Waals surface area contributed by atoms with Gasteiger partial charge in [0.2, 0.25) is 0 Å². The van der Waals surface area contributed by atoms with E-state index in [1.165, 1.54) is 12.1 Å². The Hall–Kier alpha value is -2.50. The summed E-state index contributed by atoms with van der Waals surface area (Å²) in [6.45, 7) is -0.181. The Morgan fingerprint density at radius 1 is 1.10 bits per heavy atom. The number of alkyl halides is 3. The summed E-state index contributed by atoms with van der Waals surface area (Å²) in [4.78, 5) is 12.0. The van der Waals surface area contributed by atoms with E-state index in [0.29, 0.717) is 25.5 Å². The van der Waals surface area contributed by atoms with Gasteiger partial charge in [-0.15, -0.1) is 24.0 Å². The van der Waals surface area contributed by atoms with Crippen molar-refractivity contribution in [3.05, 3.63) is 59.9 Å². The lowest BCUT2D eigenvalue weighted by Crippen LogP contribution is -2.37. The van der Waals surface area contributed by atoms with E-state index in [9.17, 15) is 13.2 Å². The van der Waals surface area contributed by atoms with Gasteiger partial charge in [-0.2, -0.15) is 13.2 Å². The second-order valence-corrected chi connectivity index (χ2v) is 6.35. The van der Waals surface area contributed by atoms with Gasteiger partial charge in [0.05, 0.1) is 11.0 Å². The van der Waals surface area contributed by atoms with Crippen molar-refractivity contribution in [2.24, 2.45) is 4.99 Å². The molecule has 0 amide bonds. The molecule has 6 nitrogen and oxygen atoms in total. The van der Waals surface area contributed by atoms with Crippen LogP contribution in [0.5, 0.6) is 5.75 Å². The quantitative estimate of drug-likeness (QED) is 0.244. The third kappa shape index (κ3) is 7.39. The number of hydrogen-bond donors (Lipinski definition) is 3. The maximum Gasteiger partial charge on any atom is 0.422 e. The van der Waals surface area contributed by atoms with Gasteiger partial charge < -0.3 is 20.4 Å². The van der Waals surface area contributed by atoms with Crippen LogP contribution in [-0.2, 0) is 13.0 Å². The Balaban J connectivity index is 0.00000320. The zero-order chi connectivity index (χ0) is 20.7. The van der Waals surface area contributed by atoms with Crippen LogP contribution < -0.4 is 15.4 Å². The largest absolute Gasteiger partial charge is 0.484 e. The minimum atomic E-state index is -4.35. The number of ether oxygens (including phenoxy) is 1. The van der Waals surface area contributed by atoms with Crippen molar-refractivity contribution in [2.45, 2.75) is 19.1 Å². The summed E-state index contributed by atoms with van der Waals surface area (Å²) in [7, 11) is 1.67. The number of benzene rings is 2. The molecular weight excluding hydrogens is 510 g/mol. The van der Waals surface area contributed by atoms with Crippen molar-refractivity contribution in [3.8, 4) is 5.75 Å². The van der Waals surface area contributed by atoms with Crippen LogP contribution in [0.25, 0.3) is 11.0 Å². The first kappa shape index (κ1) is 23.8. The van der Waals surface area contributed by atoms with Crippen molar-refractivity contribution in [1.29, 1.82) is 0 Å². The van der Waals surface area contributed by atoms with Crippen LogP contribution in [-0.4, -0.2) is 42.3 Å². The molecule has 0 aliphatic carbocycles. The minimum Gasteiger partial charge on any atom is -0.484 e. The summed E-state index contributed by atoms with van der Waals surface area (Å²) in [6.07, 6.45) is -3.64. The molecule has 3 rings (SSSR count). The molecule has 0 atom stereocenters. The Morgan fingerprint density at radius 2 is 1.83 bits per heavy atom. The third-order valence-corrected chi connectivity index (χ3v) is 4.10. The molecule has 1 heterocycles. The van der Waals surface area contributed by atoms with E-state index in [1.54, 1.807) is 19.2 Å². The molecule has 0 saturated carbocycles. The molecule has 1 aromatic heterocycles. The average Bonchev–Trinajstić information content (AvgIpc) is 3.12. The van der Waals surface area contributed by atoms with Gasteiger partial charge in [0.15, 0.2) is 12.6 Å². The molecular formula is C20H23F3IN5O. The predicted molar refractivity (Wildman–Crippen MR) is 121 cm³/mol. The van der Waals surface area contributed by atoms with Crippen LogP contribution in [0, 0.1) is 0 Å². The highest BCUT2D eigenvalue weighted by molar-refractivity contribution is 14.0. The Labute approximate surface area is 189 Å². The molecule has 0 bridgehead atoms. The molecule has 0 saturated heterocycles. The summed E-state index contributed by atoms with van der Waals surface area (Å²) in [5.41, 5.74) is 2.84. The lowest BCUT2D eigenvalue weighted by Gasteiger charge is -2.12. The fourth-order valence-corrected chi connectivity index (χ4v) is 2.70. The van der Waals surface area contributed by atoms with Crippen LogP contribution in [0.2, 0.25) is 0 Å². The summed E-state index contributed by atoms with van der Waals surface area (Å²) in [5.74, 6) is 1.70. The summed E-state index contributed by atoms with van der Waals surface area (Å²) in [5, 5.41) is 6.37. The van der Waals surface area contributed by atoms with Gasteiger partial charge in [0, 0.05) is 26.6 Å². The number of guanidine groups is 1. The van der Waals surface area contributed by atoms with E-state index in [-0.39, 0.29) is 29.7 Å². The maximum atomic E-state index is 12.2. The first-order valence-electron chi connectivity index (χ1n) is 9.09. The van der Waals surface area contributed by atoms with Gasteiger partial charge in [-0.1, -0.05) is 24.3 Å². The fourth-order valence-electron chi connectivity index (χ4n) is 2.70. The summed E-state index contributed by atoms with van der Waals surface area (Å²) in [6, 6.07) is 14.3. The monoisotopic (exact) mass is 533 g/mol. The van der Waals surface area contributed by atoms with Gasteiger partial charge in [0.1, 0.15) is 11.6 Å². The fraction of sp³-hybridized carbons (Fsp3) is 0.300. The van der Waals surface area contributed by atoms with E-state index in [1.807, 2.05) is 24.3 Å². The second-order valence-electron chi connectivity index (χ2n) is 6.35. The van der Waals surface area contributed by atoms with Crippen molar-refractivity contribution in [2.75, 3.05) is 20.2 Å². The van der Waals surface area contributed by atoms with Gasteiger partial charge in [-0.05, 0) is 29.8 Å². The van der Waals surface area contributed by atoms with Gasteiger partial charge in [0.25, 0.3) is 0 Å². The Morgan fingerprint density at radius 3 is 2.50 bits per heavy atom. The number of imidazole rings is 1. The second kappa shape index (κ2) is 11.0. The molecule has 2 aromatic carbocycles. The number of nitrogens with one attached hydrogen (secondary N) is 3. The van der Waals surface area contributed by atoms with E-state index in [0.717, 1.165) is 22.4 Å². The van der Waals surface area contributed by atoms with Gasteiger partial charge in [-0.3, -0.25) is 4.99 Å². The SMILES string of the molecule is CN=C(NCCc1nc2ccccc2[nH]1)NCc1ccc(OCC(F)(F)F)cc1.I. The van der Waals surface area contributed by atoms with Crippen molar-refractivity contribution in [1.82, 2.24) is 20.6 Å². The molecule has 30 heavy (non-hydrogen) atoms. The number of H-pyrrole nitrogens is 1. The summed E-state index contributed by atoms with van der Waals surface area (Å²) < 4.78 is 41.2. The first-order valence-corrected chi connectivity index (χ1v) is 9.09. The zero-order valence-corrected chi connectivity index (χ0v) is 18.6. The highest BCUT2D eigenvalue weighted by Gasteiger charge is 2.28. The van der Waals surface area contributed by atoms with E-state index in [4.69, 9.17) is 4.74 Å². The lowest BCUT2D eigenvalue weighted by atomic mass is 10.2. The number of fused-ring (bicyclic) bond motifs is 1. The zero-order valence-electron chi connectivity index (χ0n) is 16.3. The van der Waals surface area contributed by atoms with E-state index < -0.39 is 12.8 Å². The molecule has 10 heteroatoms. The molecule has 0 radical (unpaired) electrons. The van der Waals surface area contributed by atoms with Crippen molar-refractivity contribution < 1.29 is 17.9 Å². The molecule has 0 aliphatic rings. The number of nitrogens with zero attached hydrogens (tertiary/aromatic N) is 2. The van der Waals surface area contributed by atoms with Crippen LogP contribution in [0.1, 0.15) is 11.4 Å². The minimum absolute atomic E-state index is 0. The number of aromatic nitrogens is 2. The van der Waals surface area contributed by atoms with E-state index in [2.05, 4.69) is 25.6 Å². The van der Waals surface area contributed by atoms with Crippen LogP contribution in [0.3, 0.4) is 0 Å². The first-order chi connectivity index (χ1) is 13.9. The van der Waals surface area contributed by atoms with Crippen LogP contribution in [0.15, 0.2) is 53.5 Å². The molecule has 0 fully saturated rings. The van der Waals surface area contributed by atoms with Gasteiger partial charge >= 0.3 is 6.18 Å². The molecule has 162 valence electrons. The highest BCUT2D eigenvalue weighted by atomic mass is 127. The van der Waals surface area contributed by atoms with E-state index >= 15 is 0 Å². The Bertz CT molecular complexity index is 924.